The summed E-state index contributed by atoms with van der Waals surface area (Å²) >= 11 is 1.21. The van der Waals surface area contributed by atoms with E-state index in [1.165, 1.54) is 23.9 Å². The predicted molar refractivity (Wildman–Crippen MR) is 68.1 cm³/mol. The number of hydrogen-bond acceptors (Lipinski definition) is 7. The lowest BCUT2D eigenvalue weighted by Gasteiger charge is -2.02. The van der Waals surface area contributed by atoms with E-state index in [1.54, 1.807) is 12.1 Å². The molecule has 20 heavy (non-hydrogen) atoms. The van der Waals surface area contributed by atoms with Crippen LogP contribution < -0.4 is 0 Å². The lowest BCUT2D eigenvalue weighted by atomic mass is 10.2. The van der Waals surface area contributed by atoms with Crippen LogP contribution in [0, 0.1) is 10.1 Å². The smallest absolute Gasteiger partial charge is 0.325 e. The van der Waals surface area contributed by atoms with E-state index in [2.05, 4.69) is 15.5 Å². The van der Waals surface area contributed by atoms with Crippen molar-refractivity contribution in [2.45, 2.75) is 17.5 Å². The number of carboxylic acids is 1. The second-order valence-corrected chi connectivity index (χ2v) is 4.67. The number of tetrazole rings is 1. The van der Waals surface area contributed by atoms with Gasteiger partial charge in [0.1, 0.15) is 6.54 Å². The van der Waals surface area contributed by atoms with Crippen LogP contribution in [0.1, 0.15) is 5.56 Å². The zero-order chi connectivity index (χ0) is 14.5. The minimum absolute atomic E-state index is 0.00762. The summed E-state index contributed by atoms with van der Waals surface area (Å²) in [6.45, 7) is -0.329. The summed E-state index contributed by atoms with van der Waals surface area (Å²) in [5.41, 5.74) is 0.738. The third kappa shape index (κ3) is 3.51. The molecule has 2 aromatic rings. The number of nitro benzene ring substituents is 1. The average Bonchev–Trinajstić information content (AvgIpc) is 2.83. The van der Waals surface area contributed by atoms with Crippen molar-refractivity contribution in [1.29, 1.82) is 0 Å². The topological polar surface area (TPSA) is 124 Å². The molecule has 0 unspecified atom stereocenters. The summed E-state index contributed by atoms with van der Waals surface area (Å²) < 4.78 is 1.16. The van der Waals surface area contributed by atoms with Crippen molar-refractivity contribution in [3.63, 3.8) is 0 Å². The van der Waals surface area contributed by atoms with Crippen molar-refractivity contribution in [2.75, 3.05) is 0 Å². The first-order valence-electron chi connectivity index (χ1n) is 5.40. The lowest BCUT2D eigenvalue weighted by Crippen LogP contribution is -2.11. The molecular weight excluding hydrogens is 286 g/mol. The summed E-state index contributed by atoms with van der Waals surface area (Å²) in [5, 5.41) is 30.4. The molecule has 0 aliphatic heterocycles. The molecule has 1 heterocycles. The van der Waals surface area contributed by atoms with Gasteiger partial charge in [0.25, 0.3) is 5.69 Å². The molecule has 0 aliphatic carbocycles. The quantitative estimate of drug-likeness (QED) is 0.474. The Hall–Kier alpha value is -2.49. The predicted octanol–water partition coefficient (Wildman–Crippen LogP) is 0.958. The van der Waals surface area contributed by atoms with Gasteiger partial charge in [-0.2, -0.15) is 0 Å². The van der Waals surface area contributed by atoms with Crippen molar-refractivity contribution in [1.82, 2.24) is 20.2 Å². The summed E-state index contributed by atoms with van der Waals surface area (Å²) in [4.78, 5) is 20.8. The molecule has 0 amide bonds. The number of non-ortho nitro benzene ring substituents is 1. The maximum absolute atomic E-state index is 10.7. The number of thioether (sulfide) groups is 1. The lowest BCUT2D eigenvalue weighted by molar-refractivity contribution is -0.384. The molecule has 104 valence electrons. The fraction of sp³-hybridized carbons (Fsp3) is 0.200. The molecule has 0 saturated heterocycles. The Balaban J connectivity index is 2.05. The van der Waals surface area contributed by atoms with E-state index in [0.29, 0.717) is 10.9 Å². The van der Waals surface area contributed by atoms with Gasteiger partial charge in [-0.1, -0.05) is 23.9 Å². The Morgan fingerprint density at radius 2 is 2.30 bits per heavy atom. The SMILES string of the molecule is O=C(O)Cn1nnnc1SCc1cccc([N+](=O)[O-])c1. The van der Waals surface area contributed by atoms with Gasteiger partial charge in [-0.3, -0.25) is 14.9 Å². The van der Waals surface area contributed by atoms with Crippen LogP contribution in [-0.2, 0) is 17.1 Å². The molecule has 9 nitrogen and oxygen atoms in total. The molecule has 0 atom stereocenters. The monoisotopic (exact) mass is 295 g/mol. The summed E-state index contributed by atoms with van der Waals surface area (Å²) in [6.07, 6.45) is 0. The highest BCUT2D eigenvalue weighted by molar-refractivity contribution is 7.98. The van der Waals surface area contributed by atoms with Crippen LogP contribution in [-0.4, -0.2) is 36.2 Å². The van der Waals surface area contributed by atoms with Gasteiger partial charge in [0.05, 0.1) is 4.92 Å². The van der Waals surface area contributed by atoms with Gasteiger partial charge < -0.3 is 5.11 Å². The number of nitrogens with zero attached hydrogens (tertiary/aromatic N) is 5. The zero-order valence-electron chi connectivity index (χ0n) is 10.0. The highest BCUT2D eigenvalue weighted by Gasteiger charge is 2.11. The molecule has 1 aromatic carbocycles. The van der Waals surface area contributed by atoms with Gasteiger partial charge >= 0.3 is 5.97 Å². The Kier molecular flexibility index (Phi) is 4.25. The molecular formula is C10H9N5O4S. The van der Waals surface area contributed by atoms with Crippen molar-refractivity contribution in [3.05, 3.63) is 39.9 Å². The number of rotatable bonds is 6. The third-order valence-electron chi connectivity index (χ3n) is 2.27. The van der Waals surface area contributed by atoms with Crippen LogP contribution in [0.15, 0.2) is 29.4 Å². The number of carboxylic acid groups (broad SMARTS) is 1. The van der Waals surface area contributed by atoms with Crippen molar-refractivity contribution in [3.8, 4) is 0 Å². The minimum atomic E-state index is -1.05. The summed E-state index contributed by atoms with van der Waals surface area (Å²) in [6, 6.07) is 6.20. The number of carbonyl (C=O) groups is 1. The highest BCUT2D eigenvalue weighted by Crippen LogP contribution is 2.22. The normalized spacial score (nSPS) is 10.4. The van der Waals surface area contributed by atoms with Gasteiger partial charge in [0.2, 0.25) is 5.16 Å². The van der Waals surface area contributed by atoms with Crippen LogP contribution in [0.4, 0.5) is 5.69 Å². The number of hydrogen-bond donors (Lipinski definition) is 1. The second-order valence-electron chi connectivity index (χ2n) is 3.73. The largest absolute Gasteiger partial charge is 0.480 e. The molecule has 0 spiro atoms. The maximum Gasteiger partial charge on any atom is 0.325 e. The van der Waals surface area contributed by atoms with Crippen LogP contribution in [0.25, 0.3) is 0 Å². The third-order valence-corrected chi connectivity index (χ3v) is 3.30. The van der Waals surface area contributed by atoms with E-state index in [9.17, 15) is 14.9 Å². The second kappa shape index (κ2) is 6.10. The van der Waals surface area contributed by atoms with E-state index < -0.39 is 10.9 Å². The first-order chi connectivity index (χ1) is 9.56. The number of nitro groups is 1. The van der Waals surface area contributed by atoms with Crippen molar-refractivity contribution < 1.29 is 14.8 Å². The Labute approximate surface area is 116 Å². The molecule has 0 aliphatic rings. The van der Waals surface area contributed by atoms with Gasteiger partial charge in [-0.05, 0) is 16.0 Å². The van der Waals surface area contributed by atoms with Crippen LogP contribution in [0.2, 0.25) is 0 Å². The highest BCUT2D eigenvalue weighted by atomic mass is 32.2. The first-order valence-corrected chi connectivity index (χ1v) is 6.39. The van der Waals surface area contributed by atoms with E-state index in [-0.39, 0.29) is 12.2 Å². The van der Waals surface area contributed by atoms with Crippen LogP contribution in [0.3, 0.4) is 0 Å². The number of benzene rings is 1. The van der Waals surface area contributed by atoms with Crippen LogP contribution in [0.5, 0.6) is 0 Å². The fourth-order valence-electron chi connectivity index (χ4n) is 1.43. The van der Waals surface area contributed by atoms with E-state index in [4.69, 9.17) is 5.11 Å². The molecule has 0 radical (unpaired) electrons. The molecule has 2 rings (SSSR count). The molecule has 1 aromatic heterocycles. The number of aliphatic carboxylic acids is 1. The molecule has 10 heteroatoms. The van der Waals surface area contributed by atoms with E-state index in [0.717, 1.165) is 10.2 Å². The molecule has 0 fully saturated rings. The molecule has 0 bridgehead atoms. The summed E-state index contributed by atoms with van der Waals surface area (Å²) in [5.74, 6) is -0.642. The van der Waals surface area contributed by atoms with E-state index in [1.807, 2.05) is 0 Å². The van der Waals surface area contributed by atoms with Crippen molar-refractivity contribution in [2.24, 2.45) is 0 Å². The van der Waals surface area contributed by atoms with Gasteiger partial charge in [0.15, 0.2) is 0 Å². The molecule has 1 N–H and O–H groups in total. The summed E-state index contributed by atoms with van der Waals surface area (Å²) in [7, 11) is 0. The van der Waals surface area contributed by atoms with Gasteiger partial charge in [-0.25, -0.2) is 4.68 Å². The van der Waals surface area contributed by atoms with Gasteiger partial charge in [0, 0.05) is 17.9 Å². The van der Waals surface area contributed by atoms with Gasteiger partial charge in [-0.15, -0.1) is 5.10 Å². The number of aromatic nitrogens is 4. The Morgan fingerprint density at radius 3 is 3.00 bits per heavy atom. The molecule has 0 saturated carbocycles. The van der Waals surface area contributed by atoms with E-state index >= 15 is 0 Å². The zero-order valence-corrected chi connectivity index (χ0v) is 10.9. The maximum atomic E-state index is 10.7. The average molecular weight is 295 g/mol. The van der Waals surface area contributed by atoms with Crippen molar-refractivity contribution >= 4 is 23.4 Å². The van der Waals surface area contributed by atoms with Crippen LogP contribution >= 0.6 is 11.8 Å². The standard InChI is InChI=1S/C10H9N5O4S/c16-9(17)5-14-10(11-12-13-14)20-6-7-2-1-3-8(4-7)15(18)19/h1-4H,5-6H2,(H,16,17). The Morgan fingerprint density at radius 1 is 1.50 bits per heavy atom. The minimum Gasteiger partial charge on any atom is -0.480 e. The first kappa shape index (κ1) is 13.9. The Bertz CT molecular complexity index is 644. The fourth-order valence-corrected chi connectivity index (χ4v) is 2.25.